The van der Waals surface area contributed by atoms with Gasteiger partial charge in [-0.3, -0.25) is 19.7 Å². The Hall–Kier alpha value is -3.59. The Labute approximate surface area is 165 Å². The van der Waals surface area contributed by atoms with Crippen LogP contribution in [-0.2, 0) is 9.53 Å². The molecule has 1 aliphatic rings. The summed E-state index contributed by atoms with van der Waals surface area (Å²) in [6.45, 7) is 1.44. The van der Waals surface area contributed by atoms with Crippen LogP contribution in [0.5, 0.6) is 0 Å². The number of carbonyl (C=O) groups excluding carboxylic acids is 2. The Bertz CT molecular complexity index is 953. The highest BCUT2D eigenvalue weighted by Crippen LogP contribution is 2.15. The number of morpholine rings is 1. The van der Waals surface area contributed by atoms with Crippen molar-refractivity contribution in [1.82, 2.24) is 10.2 Å². The fraction of sp³-hybridized carbons (Fsp3) is 0.200. The summed E-state index contributed by atoms with van der Waals surface area (Å²) in [7, 11) is 0. The van der Waals surface area contributed by atoms with Crippen molar-refractivity contribution in [2.75, 3.05) is 26.3 Å². The van der Waals surface area contributed by atoms with Gasteiger partial charge in [-0.1, -0.05) is 18.2 Å². The lowest BCUT2D eigenvalue weighted by atomic mass is 10.1. The van der Waals surface area contributed by atoms with E-state index in [0.717, 1.165) is 0 Å². The van der Waals surface area contributed by atoms with Crippen LogP contribution in [0.3, 0.4) is 0 Å². The fourth-order valence-electron chi connectivity index (χ4n) is 2.76. The summed E-state index contributed by atoms with van der Waals surface area (Å²) in [5.74, 6) is -1.64. The van der Waals surface area contributed by atoms with E-state index in [1.807, 2.05) is 0 Å². The molecule has 3 rings (SSSR count). The van der Waals surface area contributed by atoms with Gasteiger partial charge in [0, 0.05) is 36.3 Å². The molecule has 2 aromatic rings. The minimum absolute atomic E-state index is 0.0969. The molecule has 0 aliphatic carbocycles. The van der Waals surface area contributed by atoms with E-state index in [0.29, 0.717) is 26.3 Å². The minimum Gasteiger partial charge on any atom is -0.378 e. The van der Waals surface area contributed by atoms with Gasteiger partial charge in [-0.2, -0.15) is 0 Å². The first-order chi connectivity index (χ1) is 14.0. The predicted molar refractivity (Wildman–Crippen MR) is 102 cm³/mol. The highest BCUT2D eigenvalue weighted by Gasteiger charge is 2.23. The van der Waals surface area contributed by atoms with Crippen LogP contribution in [0.1, 0.15) is 15.9 Å². The number of hydrogen-bond acceptors (Lipinski definition) is 5. The second-order valence-corrected chi connectivity index (χ2v) is 6.24. The Morgan fingerprint density at radius 3 is 2.38 bits per heavy atom. The van der Waals surface area contributed by atoms with Gasteiger partial charge in [-0.05, 0) is 24.3 Å². The molecule has 9 heteroatoms. The zero-order valence-corrected chi connectivity index (χ0v) is 15.3. The Kier molecular flexibility index (Phi) is 6.30. The standard InChI is InChI=1S/C20H18FN3O5/c21-17-4-2-1-3-15(17)13-18(20(26)23-9-11-29-12-10-23)22-19(25)14-5-7-16(8-6-14)24(27)28/h1-8,13H,9-12H2,(H,22,25)/b18-13+. The first-order valence-electron chi connectivity index (χ1n) is 8.85. The van der Waals surface area contributed by atoms with E-state index in [4.69, 9.17) is 4.74 Å². The van der Waals surface area contributed by atoms with Gasteiger partial charge < -0.3 is 15.0 Å². The number of halogens is 1. The third-order valence-electron chi connectivity index (χ3n) is 4.32. The van der Waals surface area contributed by atoms with Crippen LogP contribution in [-0.4, -0.2) is 47.9 Å². The molecule has 0 spiro atoms. The molecule has 2 amide bonds. The number of ether oxygens (including phenoxy) is 1. The van der Waals surface area contributed by atoms with Gasteiger partial charge in [-0.25, -0.2) is 4.39 Å². The van der Waals surface area contributed by atoms with Gasteiger partial charge in [0.2, 0.25) is 0 Å². The van der Waals surface area contributed by atoms with Crippen LogP contribution >= 0.6 is 0 Å². The average Bonchev–Trinajstić information content (AvgIpc) is 2.75. The van der Waals surface area contributed by atoms with Gasteiger partial charge in [-0.15, -0.1) is 0 Å². The lowest BCUT2D eigenvalue weighted by Crippen LogP contribution is -2.44. The van der Waals surface area contributed by atoms with E-state index in [1.54, 1.807) is 6.07 Å². The van der Waals surface area contributed by atoms with Crippen molar-refractivity contribution in [3.8, 4) is 0 Å². The van der Waals surface area contributed by atoms with Crippen LogP contribution in [0.4, 0.5) is 10.1 Å². The molecule has 29 heavy (non-hydrogen) atoms. The van der Waals surface area contributed by atoms with E-state index in [2.05, 4.69) is 5.32 Å². The molecule has 0 saturated carbocycles. The van der Waals surface area contributed by atoms with Crippen molar-refractivity contribution in [3.63, 3.8) is 0 Å². The molecule has 0 aromatic heterocycles. The number of benzene rings is 2. The number of nitrogens with zero attached hydrogens (tertiary/aromatic N) is 2. The molecular weight excluding hydrogens is 381 g/mol. The van der Waals surface area contributed by atoms with Gasteiger partial charge in [0.1, 0.15) is 11.5 Å². The number of nitrogens with one attached hydrogen (secondary N) is 1. The molecule has 0 bridgehead atoms. The second-order valence-electron chi connectivity index (χ2n) is 6.24. The summed E-state index contributed by atoms with van der Waals surface area (Å²) >= 11 is 0. The number of nitro groups is 1. The lowest BCUT2D eigenvalue weighted by molar-refractivity contribution is -0.384. The topological polar surface area (TPSA) is 102 Å². The summed E-state index contributed by atoms with van der Waals surface area (Å²) < 4.78 is 19.3. The van der Waals surface area contributed by atoms with Crippen molar-refractivity contribution < 1.29 is 23.6 Å². The van der Waals surface area contributed by atoms with Crippen molar-refractivity contribution in [2.24, 2.45) is 0 Å². The van der Waals surface area contributed by atoms with Crippen molar-refractivity contribution in [2.45, 2.75) is 0 Å². The van der Waals surface area contributed by atoms with E-state index in [9.17, 15) is 24.1 Å². The largest absolute Gasteiger partial charge is 0.378 e. The third-order valence-corrected chi connectivity index (χ3v) is 4.32. The third kappa shape index (κ3) is 5.02. The molecule has 2 aromatic carbocycles. The highest BCUT2D eigenvalue weighted by atomic mass is 19.1. The molecule has 0 atom stereocenters. The lowest BCUT2D eigenvalue weighted by Gasteiger charge is -2.27. The maximum atomic E-state index is 14.1. The van der Waals surface area contributed by atoms with E-state index >= 15 is 0 Å². The summed E-state index contributed by atoms with van der Waals surface area (Å²) in [4.78, 5) is 37.2. The number of non-ortho nitro benzene ring substituents is 1. The first kappa shape index (κ1) is 20.2. The summed E-state index contributed by atoms with van der Waals surface area (Å²) in [5, 5.41) is 13.3. The first-order valence-corrected chi connectivity index (χ1v) is 8.85. The molecular formula is C20H18FN3O5. The molecule has 1 aliphatic heterocycles. The van der Waals surface area contributed by atoms with E-state index in [-0.39, 0.29) is 22.5 Å². The number of rotatable bonds is 5. The maximum absolute atomic E-state index is 14.1. The maximum Gasteiger partial charge on any atom is 0.270 e. The molecule has 0 radical (unpaired) electrons. The normalized spacial score (nSPS) is 14.4. The average molecular weight is 399 g/mol. The van der Waals surface area contributed by atoms with Crippen LogP contribution in [0.15, 0.2) is 54.2 Å². The Balaban J connectivity index is 1.88. The molecule has 8 nitrogen and oxygen atoms in total. The van der Waals surface area contributed by atoms with Crippen LogP contribution in [0, 0.1) is 15.9 Å². The van der Waals surface area contributed by atoms with Crippen molar-refractivity contribution in [3.05, 3.63) is 81.3 Å². The molecule has 1 fully saturated rings. The van der Waals surface area contributed by atoms with Crippen LogP contribution < -0.4 is 5.32 Å². The monoisotopic (exact) mass is 399 g/mol. The molecule has 1 N–H and O–H groups in total. The molecule has 1 heterocycles. The van der Waals surface area contributed by atoms with Crippen LogP contribution in [0.25, 0.3) is 6.08 Å². The SMILES string of the molecule is O=C(N/C(=C/c1ccccc1F)C(=O)N1CCOCC1)c1ccc([N+](=O)[O-])cc1. The number of hydrogen-bond donors (Lipinski definition) is 1. The van der Waals surface area contributed by atoms with Gasteiger partial charge >= 0.3 is 0 Å². The summed E-state index contributed by atoms with van der Waals surface area (Å²) in [6, 6.07) is 10.8. The van der Waals surface area contributed by atoms with Gasteiger partial charge in [0.25, 0.3) is 17.5 Å². The number of nitro benzene ring substituents is 1. The zero-order chi connectivity index (χ0) is 20.8. The Morgan fingerprint density at radius 2 is 1.76 bits per heavy atom. The minimum atomic E-state index is -0.635. The highest BCUT2D eigenvalue weighted by molar-refractivity contribution is 6.05. The smallest absolute Gasteiger partial charge is 0.270 e. The van der Waals surface area contributed by atoms with Crippen molar-refractivity contribution >= 4 is 23.6 Å². The van der Waals surface area contributed by atoms with E-state index < -0.39 is 22.6 Å². The molecule has 150 valence electrons. The second kappa shape index (κ2) is 9.07. The summed E-state index contributed by atoms with van der Waals surface area (Å²) in [6.07, 6.45) is 1.27. The van der Waals surface area contributed by atoms with E-state index in [1.165, 1.54) is 53.4 Å². The van der Waals surface area contributed by atoms with Gasteiger partial charge in [0.15, 0.2) is 0 Å². The zero-order valence-electron chi connectivity index (χ0n) is 15.3. The quantitative estimate of drug-likeness (QED) is 0.472. The summed E-state index contributed by atoms with van der Waals surface area (Å²) in [5.41, 5.74) is 0.0198. The molecule has 0 unspecified atom stereocenters. The number of amides is 2. The van der Waals surface area contributed by atoms with Crippen LogP contribution in [0.2, 0.25) is 0 Å². The van der Waals surface area contributed by atoms with Gasteiger partial charge in [0.05, 0.1) is 18.1 Å². The molecule has 1 saturated heterocycles. The number of carbonyl (C=O) groups is 2. The predicted octanol–water partition coefficient (Wildman–Crippen LogP) is 2.36. The van der Waals surface area contributed by atoms with Crippen molar-refractivity contribution in [1.29, 1.82) is 0 Å². The Morgan fingerprint density at radius 1 is 1.10 bits per heavy atom. The fourth-order valence-corrected chi connectivity index (χ4v) is 2.76.